The molecule has 3 aromatic carbocycles. The summed E-state index contributed by atoms with van der Waals surface area (Å²) < 4.78 is 25.5. The number of nitro groups is 1. The van der Waals surface area contributed by atoms with Crippen molar-refractivity contribution >= 4 is 17.5 Å². The van der Waals surface area contributed by atoms with Crippen LogP contribution in [0.4, 0.5) is 15.8 Å². The van der Waals surface area contributed by atoms with Crippen molar-refractivity contribution in [1.29, 1.82) is 0 Å². The summed E-state index contributed by atoms with van der Waals surface area (Å²) in [6.45, 7) is 4.73. The predicted octanol–water partition coefficient (Wildman–Crippen LogP) is 5.84. The maximum atomic E-state index is 13.5. The maximum absolute atomic E-state index is 13.5. The number of anilines is 1. The summed E-state index contributed by atoms with van der Waals surface area (Å²) in [5.74, 6) is 0.361. The van der Waals surface area contributed by atoms with Crippen LogP contribution in [0.15, 0.2) is 66.7 Å². The number of halogens is 1. The summed E-state index contributed by atoms with van der Waals surface area (Å²) in [5, 5.41) is 11.5. The molecule has 5 rings (SSSR count). The van der Waals surface area contributed by atoms with Crippen LogP contribution in [0, 0.1) is 15.9 Å². The lowest BCUT2D eigenvalue weighted by Gasteiger charge is -2.47. The number of benzene rings is 3. The molecule has 0 saturated heterocycles. The van der Waals surface area contributed by atoms with Crippen molar-refractivity contribution in [2.24, 2.45) is 0 Å². The van der Waals surface area contributed by atoms with Gasteiger partial charge in [0, 0.05) is 29.9 Å². The van der Waals surface area contributed by atoms with Crippen molar-refractivity contribution in [1.82, 2.24) is 0 Å². The summed E-state index contributed by atoms with van der Waals surface area (Å²) in [6.07, 6.45) is 3.84. The van der Waals surface area contributed by atoms with Gasteiger partial charge in [-0.15, -0.1) is 0 Å². The van der Waals surface area contributed by atoms with E-state index in [4.69, 9.17) is 9.47 Å². The van der Waals surface area contributed by atoms with Crippen LogP contribution in [-0.4, -0.2) is 17.8 Å². The fraction of sp³-hybridized carbons (Fsp3) is 0.231. The molecule has 1 unspecified atom stereocenters. The lowest BCUT2D eigenvalue weighted by molar-refractivity contribution is -0.385. The van der Waals surface area contributed by atoms with Crippen LogP contribution in [0.25, 0.3) is 6.08 Å². The Morgan fingerprint density at radius 3 is 2.55 bits per heavy atom. The zero-order valence-electron chi connectivity index (χ0n) is 18.5. The number of hydrogen-bond donors (Lipinski definition) is 0. The quantitative estimate of drug-likeness (QED) is 0.372. The molecule has 0 aromatic heterocycles. The highest BCUT2D eigenvalue weighted by Gasteiger charge is 2.58. The van der Waals surface area contributed by atoms with E-state index in [0.29, 0.717) is 17.9 Å². The molecule has 0 saturated carbocycles. The van der Waals surface area contributed by atoms with Gasteiger partial charge in [0.25, 0.3) is 0 Å². The van der Waals surface area contributed by atoms with E-state index in [1.807, 2.05) is 24.3 Å². The van der Waals surface area contributed by atoms with E-state index in [0.717, 1.165) is 16.8 Å². The number of hydrogen-bond acceptors (Lipinski definition) is 5. The first-order chi connectivity index (χ1) is 15.8. The minimum Gasteiger partial charge on any atom is -0.490 e. The summed E-state index contributed by atoms with van der Waals surface area (Å²) in [4.78, 5) is 13.2. The lowest BCUT2D eigenvalue weighted by atomic mass is 9.76. The van der Waals surface area contributed by atoms with Crippen molar-refractivity contribution in [3.05, 3.63) is 99.4 Å². The minimum atomic E-state index is -0.904. The number of ether oxygens (including phenoxy) is 2. The lowest BCUT2D eigenvalue weighted by Crippen LogP contribution is -2.59. The Morgan fingerprint density at radius 2 is 1.85 bits per heavy atom. The van der Waals surface area contributed by atoms with Gasteiger partial charge in [0.1, 0.15) is 11.6 Å². The van der Waals surface area contributed by atoms with E-state index in [1.54, 1.807) is 18.2 Å². The molecule has 33 heavy (non-hydrogen) atoms. The number of rotatable bonds is 4. The molecule has 0 fully saturated rings. The summed E-state index contributed by atoms with van der Waals surface area (Å²) in [5.41, 5.74) is 2.21. The first-order valence-corrected chi connectivity index (χ1v) is 10.6. The van der Waals surface area contributed by atoms with Gasteiger partial charge in [-0.2, -0.15) is 0 Å². The van der Waals surface area contributed by atoms with Crippen LogP contribution in [-0.2, 0) is 12.0 Å². The standard InChI is InChI=1S/C26H23FN2O4/c1-25(2)20-6-4-5-7-21(20)28(16-17-8-10-19(27)11-9-17)26(25)13-12-18-14-22(29(30)31)24(32-3)15-23(18)33-26/h4-15H,16H2,1-3H3. The normalized spacial score (nSPS) is 19.7. The highest BCUT2D eigenvalue weighted by Crippen LogP contribution is 2.56. The molecule has 3 aromatic rings. The Bertz CT molecular complexity index is 1290. The highest BCUT2D eigenvalue weighted by molar-refractivity contribution is 5.74. The van der Waals surface area contributed by atoms with Crippen LogP contribution in [0.5, 0.6) is 11.5 Å². The first-order valence-electron chi connectivity index (χ1n) is 10.6. The van der Waals surface area contributed by atoms with Gasteiger partial charge in [-0.25, -0.2) is 4.39 Å². The van der Waals surface area contributed by atoms with Gasteiger partial charge in [0.15, 0.2) is 0 Å². The molecule has 2 aliphatic rings. The minimum absolute atomic E-state index is 0.113. The molecule has 0 N–H and O–H groups in total. The summed E-state index contributed by atoms with van der Waals surface area (Å²) in [6, 6.07) is 17.6. The van der Waals surface area contributed by atoms with Crippen molar-refractivity contribution < 1.29 is 18.8 Å². The van der Waals surface area contributed by atoms with Crippen molar-refractivity contribution in [2.75, 3.05) is 12.0 Å². The molecule has 1 spiro atoms. The third kappa shape index (κ3) is 3.07. The molecule has 2 aliphatic heterocycles. The molecule has 1 atom stereocenters. The molecule has 7 heteroatoms. The Balaban J connectivity index is 1.66. The van der Waals surface area contributed by atoms with Gasteiger partial charge in [0.05, 0.1) is 17.4 Å². The molecule has 0 amide bonds. The van der Waals surface area contributed by atoms with Gasteiger partial charge in [-0.3, -0.25) is 10.1 Å². The Hall–Kier alpha value is -3.87. The van der Waals surface area contributed by atoms with Gasteiger partial charge >= 0.3 is 5.69 Å². The average molecular weight is 446 g/mol. The van der Waals surface area contributed by atoms with Crippen LogP contribution in [0.2, 0.25) is 0 Å². The van der Waals surface area contributed by atoms with Crippen LogP contribution >= 0.6 is 0 Å². The summed E-state index contributed by atoms with van der Waals surface area (Å²) >= 11 is 0. The second kappa shape index (κ2) is 7.33. The highest BCUT2D eigenvalue weighted by atomic mass is 19.1. The van der Waals surface area contributed by atoms with Crippen molar-refractivity contribution in [3.63, 3.8) is 0 Å². The second-order valence-corrected chi connectivity index (χ2v) is 8.81. The fourth-order valence-electron chi connectivity index (χ4n) is 4.90. The Kier molecular flexibility index (Phi) is 4.67. The van der Waals surface area contributed by atoms with Gasteiger partial charge in [0.2, 0.25) is 11.5 Å². The van der Waals surface area contributed by atoms with E-state index < -0.39 is 16.1 Å². The Morgan fingerprint density at radius 1 is 1.12 bits per heavy atom. The second-order valence-electron chi connectivity index (χ2n) is 8.81. The van der Waals surface area contributed by atoms with E-state index in [-0.39, 0.29) is 17.3 Å². The number of para-hydroxylation sites is 1. The zero-order chi connectivity index (χ0) is 23.4. The molecular weight excluding hydrogens is 423 g/mol. The van der Waals surface area contributed by atoms with Gasteiger partial charge in [-0.1, -0.05) is 30.3 Å². The first kappa shape index (κ1) is 21.0. The molecular formula is C26H23FN2O4. The van der Waals surface area contributed by atoms with E-state index >= 15 is 0 Å². The van der Waals surface area contributed by atoms with Crippen LogP contribution in [0.3, 0.4) is 0 Å². The van der Waals surface area contributed by atoms with Crippen molar-refractivity contribution in [3.8, 4) is 11.5 Å². The average Bonchev–Trinajstić information content (AvgIpc) is 2.98. The Labute approximate surface area is 191 Å². The van der Waals surface area contributed by atoms with Gasteiger partial charge in [-0.05, 0) is 55.3 Å². The maximum Gasteiger partial charge on any atom is 0.311 e. The van der Waals surface area contributed by atoms with Crippen molar-refractivity contribution in [2.45, 2.75) is 31.5 Å². The van der Waals surface area contributed by atoms with Gasteiger partial charge < -0.3 is 14.4 Å². The van der Waals surface area contributed by atoms with Crippen LogP contribution in [0.1, 0.15) is 30.5 Å². The smallest absolute Gasteiger partial charge is 0.311 e. The molecule has 6 nitrogen and oxygen atoms in total. The molecule has 0 aliphatic carbocycles. The number of nitrogens with zero attached hydrogens (tertiary/aromatic N) is 2. The monoisotopic (exact) mass is 446 g/mol. The zero-order valence-corrected chi connectivity index (χ0v) is 18.5. The molecule has 0 radical (unpaired) electrons. The molecule has 168 valence electrons. The van der Waals surface area contributed by atoms with E-state index in [1.165, 1.54) is 25.3 Å². The topological polar surface area (TPSA) is 64.8 Å². The van der Waals surface area contributed by atoms with E-state index in [2.05, 4.69) is 30.9 Å². The third-order valence-corrected chi connectivity index (χ3v) is 6.68. The third-order valence-electron chi connectivity index (χ3n) is 6.68. The number of methoxy groups -OCH3 is 1. The summed E-state index contributed by atoms with van der Waals surface area (Å²) in [7, 11) is 1.40. The number of nitro benzene ring substituents is 1. The fourth-order valence-corrected chi connectivity index (χ4v) is 4.90. The molecule has 0 bridgehead atoms. The molecule has 2 heterocycles. The number of fused-ring (bicyclic) bond motifs is 2. The predicted molar refractivity (Wildman–Crippen MR) is 124 cm³/mol. The van der Waals surface area contributed by atoms with E-state index in [9.17, 15) is 14.5 Å². The SMILES string of the molecule is COc1cc2c(cc1[N+](=O)[O-])C=CC1(O2)N(Cc2ccc(F)cc2)c2ccccc2C1(C)C. The largest absolute Gasteiger partial charge is 0.490 e. The van der Waals surface area contributed by atoms with Crippen LogP contribution < -0.4 is 14.4 Å².